The molecule has 0 spiro atoms. The largest absolute Gasteiger partial charge is 0.334 e. The van der Waals surface area contributed by atoms with Crippen molar-refractivity contribution in [2.24, 2.45) is 7.05 Å². The molecule has 0 radical (unpaired) electrons. The van der Waals surface area contributed by atoms with Crippen molar-refractivity contribution in [3.8, 4) is 0 Å². The van der Waals surface area contributed by atoms with Gasteiger partial charge in [0.25, 0.3) is 0 Å². The third-order valence-electron chi connectivity index (χ3n) is 4.79. The number of urea groups is 1. The summed E-state index contributed by atoms with van der Waals surface area (Å²) in [5, 5.41) is 14.8. The molecule has 0 bridgehead atoms. The number of hydrogen-bond acceptors (Lipinski definition) is 3. The standard InChI is InChI=1S/C17H26N6O/c1-5-14-13(10-22(4)21-14)9-18-17(24)23-8-6-7-15(23)16-11(2)19-20-12(16)3/h10,15H,5-9H2,1-4H3,(H,18,24)(H,19,20)/t15-/m0/s1. The molecule has 1 saturated heterocycles. The van der Waals surface area contributed by atoms with Gasteiger partial charge >= 0.3 is 6.03 Å². The molecule has 130 valence electrons. The van der Waals surface area contributed by atoms with E-state index in [-0.39, 0.29) is 12.1 Å². The van der Waals surface area contributed by atoms with E-state index in [0.717, 1.165) is 48.5 Å². The number of likely N-dealkylation sites (tertiary alicyclic amines) is 1. The molecule has 1 atom stereocenters. The second kappa shape index (κ2) is 6.67. The molecular formula is C17H26N6O. The van der Waals surface area contributed by atoms with Crippen LogP contribution in [0.3, 0.4) is 0 Å². The van der Waals surface area contributed by atoms with Gasteiger partial charge in [0, 0.05) is 43.2 Å². The summed E-state index contributed by atoms with van der Waals surface area (Å²) >= 11 is 0. The van der Waals surface area contributed by atoms with Gasteiger partial charge in [0.15, 0.2) is 0 Å². The van der Waals surface area contributed by atoms with Gasteiger partial charge in [0.1, 0.15) is 0 Å². The van der Waals surface area contributed by atoms with Gasteiger partial charge < -0.3 is 10.2 Å². The zero-order valence-corrected chi connectivity index (χ0v) is 14.9. The maximum Gasteiger partial charge on any atom is 0.318 e. The molecule has 2 N–H and O–H groups in total. The minimum absolute atomic E-state index is 0.0107. The molecule has 3 rings (SSSR count). The number of aryl methyl sites for hydroxylation is 4. The van der Waals surface area contributed by atoms with Crippen molar-refractivity contribution in [3.05, 3.63) is 34.4 Å². The lowest BCUT2D eigenvalue weighted by Gasteiger charge is -2.25. The molecule has 0 unspecified atom stereocenters. The first-order valence-electron chi connectivity index (χ1n) is 8.58. The number of carbonyl (C=O) groups excluding carboxylic acids is 1. The van der Waals surface area contributed by atoms with Crippen LogP contribution in [0.5, 0.6) is 0 Å². The Morgan fingerprint density at radius 1 is 1.46 bits per heavy atom. The predicted molar refractivity (Wildman–Crippen MR) is 91.6 cm³/mol. The van der Waals surface area contributed by atoms with E-state index in [1.54, 1.807) is 4.68 Å². The molecular weight excluding hydrogens is 304 g/mol. The molecule has 1 fully saturated rings. The molecule has 24 heavy (non-hydrogen) atoms. The van der Waals surface area contributed by atoms with Crippen LogP contribution in [0.1, 0.15) is 54.0 Å². The summed E-state index contributed by atoms with van der Waals surface area (Å²) in [6.07, 6.45) is 4.85. The summed E-state index contributed by atoms with van der Waals surface area (Å²) in [6.45, 7) is 7.40. The lowest BCUT2D eigenvalue weighted by Crippen LogP contribution is -2.39. The van der Waals surface area contributed by atoms with Gasteiger partial charge in [-0.3, -0.25) is 9.78 Å². The van der Waals surface area contributed by atoms with Crippen LogP contribution in [0.4, 0.5) is 4.79 Å². The van der Waals surface area contributed by atoms with Gasteiger partial charge in [0.2, 0.25) is 0 Å². The highest BCUT2D eigenvalue weighted by atomic mass is 16.2. The van der Waals surface area contributed by atoms with Crippen molar-refractivity contribution >= 4 is 6.03 Å². The van der Waals surface area contributed by atoms with E-state index in [9.17, 15) is 4.79 Å². The summed E-state index contributed by atoms with van der Waals surface area (Å²) in [6, 6.07) is 0.103. The lowest BCUT2D eigenvalue weighted by atomic mass is 10.0. The van der Waals surface area contributed by atoms with E-state index < -0.39 is 0 Å². The minimum Gasteiger partial charge on any atom is -0.334 e. The highest BCUT2D eigenvalue weighted by molar-refractivity contribution is 5.75. The van der Waals surface area contributed by atoms with Gasteiger partial charge in [-0.05, 0) is 33.1 Å². The van der Waals surface area contributed by atoms with E-state index >= 15 is 0 Å². The van der Waals surface area contributed by atoms with Crippen LogP contribution in [0.25, 0.3) is 0 Å². The Bertz CT molecular complexity index is 712. The summed E-state index contributed by atoms with van der Waals surface area (Å²) in [7, 11) is 1.91. The topological polar surface area (TPSA) is 78.8 Å². The SMILES string of the molecule is CCc1nn(C)cc1CNC(=O)N1CCC[C@H]1c1c(C)n[nH]c1C. The molecule has 7 nitrogen and oxygen atoms in total. The summed E-state index contributed by atoms with van der Waals surface area (Å²) in [5.74, 6) is 0. The van der Waals surface area contributed by atoms with Crippen molar-refractivity contribution in [2.45, 2.75) is 52.6 Å². The molecule has 0 aliphatic carbocycles. The van der Waals surface area contributed by atoms with Crippen molar-refractivity contribution in [3.63, 3.8) is 0 Å². The van der Waals surface area contributed by atoms with Crippen LogP contribution < -0.4 is 5.32 Å². The third-order valence-corrected chi connectivity index (χ3v) is 4.79. The van der Waals surface area contributed by atoms with E-state index in [0.29, 0.717) is 6.54 Å². The summed E-state index contributed by atoms with van der Waals surface area (Å²) in [4.78, 5) is 14.6. The van der Waals surface area contributed by atoms with Gasteiger partial charge in [-0.2, -0.15) is 10.2 Å². The number of nitrogens with one attached hydrogen (secondary N) is 2. The van der Waals surface area contributed by atoms with Gasteiger partial charge in [-0.25, -0.2) is 4.79 Å². The van der Waals surface area contributed by atoms with Crippen LogP contribution >= 0.6 is 0 Å². The Morgan fingerprint density at radius 3 is 2.92 bits per heavy atom. The normalized spacial score (nSPS) is 17.5. The second-order valence-corrected chi connectivity index (χ2v) is 6.49. The quantitative estimate of drug-likeness (QED) is 0.903. The van der Waals surface area contributed by atoms with Gasteiger partial charge in [0.05, 0.1) is 17.4 Å². The Kier molecular flexibility index (Phi) is 4.59. The molecule has 2 aromatic heterocycles. The second-order valence-electron chi connectivity index (χ2n) is 6.49. The summed E-state index contributed by atoms with van der Waals surface area (Å²) in [5.41, 5.74) is 5.32. The fourth-order valence-electron chi connectivity index (χ4n) is 3.66. The first-order chi connectivity index (χ1) is 11.5. The molecule has 0 aromatic carbocycles. The Balaban J connectivity index is 1.70. The maximum absolute atomic E-state index is 12.7. The third kappa shape index (κ3) is 3.02. The molecule has 2 aromatic rings. The van der Waals surface area contributed by atoms with Crippen LogP contribution in [-0.2, 0) is 20.0 Å². The first kappa shape index (κ1) is 16.5. The number of carbonyl (C=O) groups is 1. The Hall–Kier alpha value is -2.31. The maximum atomic E-state index is 12.7. The first-order valence-corrected chi connectivity index (χ1v) is 8.58. The zero-order valence-electron chi connectivity index (χ0n) is 14.9. The zero-order chi connectivity index (χ0) is 17.3. The number of amides is 2. The van der Waals surface area contributed by atoms with Crippen molar-refractivity contribution < 1.29 is 4.79 Å². The Labute approximate surface area is 142 Å². The van der Waals surface area contributed by atoms with Crippen LogP contribution in [0, 0.1) is 13.8 Å². The number of nitrogens with zero attached hydrogens (tertiary/aromatic N) is 4. The number of aromatic nitrogens is 4. The van der Waals surface area contributed by atoms with E-state index in [2.05, 4.69) is 27.5 Å². The van der Waals surface area contributed by atoms with Gasteiger partial charge in [-0.1, -0.05) is 6.92 Å². The number of aromatic amines is 1. The Morgan fingerprint density at radius 2 is 2.25 bits per heavy atom. The fourth-order valence-corrected chi connectivity index (χ4v) is 3.66. The lowest BCUT2D eigenvalue weighted by molar-refractivity contribution is 0.192. The highest BCUT2D eigenvalue weighted by Gasteiger charge is 2.32. The van der Waals surface area contributed by atoms with Gasteiger partial charge in [-0.15, -0.1) is 0 Å². The average Bonchev–Trinajstić information content (AvgIpc) is 3.24. The number of rotatable bonds is 4. The summed E-state index contributed by atoms with van der Waals surface area (Å²) < 4.78 is 1.80. The molecule has 0 saturated carbocycles. The highest BCUT2D eigenvalue weighted by Crippen LogP contribution is 2.34. The van der Waals surface area contributed by atoms with Crippen LogP contribution in [0.2, 0.25) is 0 Å². The molecule has 3 heterocycles. The van der Waals surface area contributed by atoms with Crippen LogP contribution in [-0.4, -0.2) is 37.5 Å². The fraction of sp³-hybridized carbons (Fsp3) is 0.588. The number of H-pyrrole nitrogens is 1. The molecule has 1 aliphatic rings. The molecule has 1 aliphatic heterocycles. The predicted octanol–water partition coefficient (Wildman–Crippen LogP) is 2.37. The van der Waals surface area contributed by atoms with Crippen molar-refractivity contribution in [2.75, 3.05) is 6.54 Å². The van der Waals surface area contributed by atoms with E-state index in [4.69, 9.17) is 0 Å². The minimum atomic E-state index is -0.0107. The van der Waals surface area contributed by atoms with Crippen molar-refractivity contribution in [1.82, 2.24) is 30.2 Å². The van der Waals surface area contributed by atoms with Crippen LogP contribution in [0.15, 0.2) is 6.20 Å². The monoisotopic (exact) mass is 330 g/mol. The van der Waals surface area contributed by atoms with E-state index in [1.807, 2.05) is 32.0 Å². The van der Waals surface area contributed by atoms with Crippen molar-refractivity contribution in [1.29, 1.82) is 0 Å². The molecule has 2 amide bonds. The number of hydrogen-bond donors (Lipinski definition) is 2. The average molecular weight is 330 g/mol. The molecule has 7 heteroatoms. The smallest absolute Gasteiger partial charge is 0.318 e. The van der Waals surface area contributed by atoms with E-state index in [1.165, 1.54) is 5.56 Å².